The number of H-pyrrole nitrogens is 1. The SMILES string of the molecule is CNCc1cc(S(=O)(=O)NC2CCC(C)(C)CC2)c[nH]1. The lowest BCUT2D eigenvalue weighted by molar-refractivity contribution is 0.218. The smallest absolute Gasteiger partial charge is 0.242 e. The molecule has 1 fully saturated rings. The summed E-state index contributed by atoms with van der Waals surface area (Å²) >= 11 is 0. The van der Waals surface area contributed by atoms with Crippen molar-refractivity contribution in [2.24, 2.45) is 5.41 Å². The maximum atomic E-state index is 12.3. The molecule has 1 aliphatic rings. The van der Waals surface area contributed by atoms with Gasteiger partial charge in [-0.05, 0) is 44.2 Å². The Morgan fingerprint density at radius 3 is 2.60 bits per heavy atom. The Morgan fingerprint density at radius 2 is 2.00 bits per heavy atom. The van der Waals surface area contributed by atoms with Crippen molar-refractivity contribution in [3.63, 3.8) is 0 Å². The predicted molar refractivity (Wildman–Crippen MR) is 79.9 cm³/mol. The summed E-state index contributed by atoms with van der Waals surface area (Å²) in [7, 11) is -1.57. The van der Waals surface area contributed by atoms with Gasteiger partial charge in [-0.15, -0.1) is 0 Å². The van der Waals surface area contributed by atoms with Crippen LogP contribution in [-0.2, 0) is 16.6 Å². The highest BCUT2D eigenvalue weighted by Crippen LogP contribution is 2.35. The van der Waals surface area contributed by atoms with Gasteiger partial charge in [0.2, 0.25) is 10.0 Å². The van der Waals surface area contributed by atoms with Gasteiger partial charge in [-0.3, -0.25) is 0 Å². The fourth-order valence-corrected chi connectivity index (χ4v) is 3.99. The third-order valence-corrected chi connectivity index (χ3v) is 5.55. The third-order valence-electron chi connectivity index (χ3n) is 4.05. The van der Waals surface area contributed by atoms with Crippen molar-refractivity contribution < 1.29 is 8.42 Å². The van der Waals surface area contributed by atoms with E-state index in [2.05, 4.69) is 28.9 Å². The third kappa shape index (κ3) is 3.84. The highest BCUT2D eigenvalue weighted by atomic mass is 32.2. The van der Waals surface area contributed by atoms with Crippen LogP contribution in [0.2, 0.25) is 0 Å². The van der Waals surface area contributed by atoms with Crippen molar-refractivity contribution >= 4 is 10.0 Å². The number of aromatic nitrogens is 1. The molecule has 1 aliphatic carbocycles. The molecular weight excluding hydrogens is 274 g/mol. The van der Waals surface area contributed by atoms with Gasteiger partial charge in [-0.25, -0.2) is 13.1 Å². The first kappa shape index (κ1) is 15.5. The average molecular weight is 299 g/mol. The number of sulfonamides is 1. The Hall–Kier alpha value is -0.850. The summed E-state index contributed by atoms with van der Waals surface area (Å²) in [6.45, 7) is 5.12. The second kappa shape index (κ2) is 5.87. The molecular formula is C14H25N3O2S. The van der Waals surface area contributed by atoms with Crippen LogP contribution in [0, 0.1) is 5.41 Å². The van der Waals surface area contributed by atoms with E-state index >= 15 is 0 Å². The monoisotopic (exact) mass is 299 g/mol. The first-order chi connectivity index (χ1) is 9.32. The summed E-state index contributed by atoms with van der Waals surface area (Å²) in [5, 5.41) is 2.99. The van der Waals surface area contributed by atoms with Gasteiger partial charge >= 0.3 is 0 Å². The summed E-state index contributed by atoms with van der Waals surface area (Å²) in [5.41, 5.74) is 1.22. The van der Waals surface area contributed by atoms with Crippen LogP contribution in [-0.4, -0.2) is 26.5 Å². The highest BCUT2D eigenvalue weighted by Gasteiger charge is 2.29. The minimum atomic E-state index is -3.40. The summed E-state index contributed by atoms with van der Waals surface area (Å²) in [6.07, 6.45) is 5.53. The topological polar surface area (TPSA) is 74.0 Å². The van der Waals surface area contributed by atoms with Crippen molar-refractivity contribution in [1.29, 1.82) is 0 Å². The maximum absolute atomic E-state index is 12.3. The van der Waals surface area contributed by atoms with Gasteiger partial charge in [0.15, 0.2) is 0 Å². The molecule has 114 valence electrons. The zero-order valence-electron chi connectivity index (χ0n) is 12.5. The van der Waals surface area contributed by atoms with Gasteiger partial charge in [0.05, 0.1) is 4.90 Å². The molecule has 6 heteroatoms. The standard InChI is InChI=1S/C14H25N3O2S/c1-14(2)6-4-11(5-7-14)17-20(18,19)13-8-12(9-15-3)16-10-13/h8,10-11,15-17H,4-7,9H2,1-3H3. The lowest BCUT2D eigenvalue weighted by Gasteiger charge is -2.34. The van der Waals surface area contributed by atoms with Crippen LogP contribution in [0.5, 0.6) is 0 Å². The summed E-state index contributed by atoms with van der Waals surface area (Å²) in [4.78, 5) is 3.31. The molecule has 20 heavy (non-hydrogen) atoms. The van der Waals surface area contributed by atoms with Gasteiger partial charge in [0.1, 0.15) is 0 Å². The van der Waals surface area contributed by atoms with Crippen LogP contribution in [0.15, 0.2) is 17.2 Å². The second-order valence-corrected chi connectivity index (χ2v) is 8.16. The Kier molecular flexibility index (Phi) is 4.56. The number of hydrogen-bond acceptors (Lipinski definition) is 3. The lowest BCUT2D eigenvalue weighted by atomic mass is 9.76. The minimum absolute atomic E-state index is 0.0654. The van der Waals surface area contributed by atoms with E-state index < -0.39 is 10.0 Å². The normalized spacial score (nSPS) is 20.1. The molecule has 2 rings (SSSR count). The average Bonchev–Trinajstić information content (AvgIpc) is 2.82. The molecule has 1 aromatic heterocycles. The molecule has 1 heterocycles. The molecule has 0 aromatic carbocycles. The fourth-order valence-electron chi connectivity index (χ4n) is 2.67. The number of aromatic amines is 1. The van der Waals surface area contributed by atoms with E-state index in [0.29, 0.717) is 16.9 Å². The largest absolute Gasteiger partial charge is 0.363 e. The van der Waals surface area contributed by atoms with E-state index in [9.17, 15) is 8.42 Å². The Bertz CT molecular complexity index is 539. The summed E-state index contributed by atoms with van der Waals surface area (Å²) in [6, 6.07) is 1.75. The summed E-state index contributed by atoms with van der Waals surface area (Å²) in [5.74, 6) is 0. The molecule has 3 N–H and O–H groups in total. The molecule has 5 nitrogen and oxygen atoms in total. The fraction of sp³-hybridized carbons (Fsp3) is 0.714. The lowest BCUT2D eigenvalue weighted by Crippen LogP contribution is -2.39. The number of rotatable bonds is 5. The van der Waals surface area contributed by atoms with E-state index in [1.54, 1.807) is 12.3 Å². The predicted octanol–water partition coefficient (Wildman–Crippen LogP) is 1.98. The van der Waals surface area contributed by atoms with Crippen molar-refractivity contribution in [1.82, 2.24) is 15.0 Å². The second-order valence-electron chi connectivity index (χ2n) is 6.45. The molecule has 0 bridgehead atoms. The van der Waals surface area contributed by atoms with Gasteiger partial charge in [-0.1, -0.05) is 13.8 Å². The molecule has 0 aliphatic heterocycles. The van der Waals surface area contributed by atoms with Crippen molar-refractivity contribution in [3.05, 3.63) is 18.0 Å². The van der Waals surface area contributed by atoms with Crippen LogP contribution >= 0.6 is 0 Å². The van der Waals surface area contributed by atoms with E-state index in [0.717, 1.165) is 31.4 Å². The van der Waals surface area contributed by atoms with Crippen molar-refractivity contribution in [2.45, 2.75) is 57.0 Å². The van der Waals surface area contributed by atoms with Crippen molar-refractivity contribution in [2.75, 3.05) is 7.05 Å². The molecule has 0 radical (unpaired) electrons. The Balaban J connectivity index is 2.00. The molecule has 0 saturated heterocycles. The Morgan fingerprint density at radius 1 is 1.35 bits per heavy atom. The Labute approximate surface area is 121 Å². The number of nitrogens with one attached hydrogen (secondary N) is 3. The van der Waals surface area contributed by atoms with Gasteiger partial charge < -0.3 is 10.3 Å². The quantitative estimate of drug-likeness (QED) is 0.778. The van der Waals surface area contributed by atoms with E-state index in [-0.39, 0.29) is 6.04 Å². The van der Waals surface area contributed by atoms with E-state index in [1.807, 2.05) is 7.05 Å². The van der Waals surface area contributed by atoms with E-state index in [1.165, 1.54) is 0 Å². The van der Waals surface area contributed by atoms with Crippen LogP contribution in [0.4, 0.5) is 0 Å². The molecule has 0 atom stereocenters. The van der Waals surface area contributed by atoms with Gasteiger partial charge in [0, 0.05) is 24.5 Å². The van der Waals surface area contributed by atoms with Gasteiger partial charge in [0.25, 0.3) is 0 Å². The zero-order valence-corrected chi connectivity index (χ0v) is 13.3. The van der Waals surface area contributed by atoms with Crippen LogP contribution in [0.3, 0.4) is 0 Å². The molecule has 1 saturated carbocycles. The molecule has 0 spiro atoms. The minimum Gasteiger partial charge on any atom is -0.363 e. The van der Waals surface area contributed by atoms with E-state index in [4.69, 9.17) is 0 Å². The van der Waals surface area contributed by atoms with Gasteiger partial charge in [-0.2, -0.15) is 0 Å². The van der Waals surface area contributed by atoms with Crippen LogP contribution in [0.25, 0.3) is 0 Å². The first-order valence-corrected chi connectivity index (χ1v) is 8.65. The molecule has 0 unspecified atom stereocenters. The van der Waals surface area contributed by atoms with Crippen molar-refractivity contribution in [3.8, 4) is 0 Å². The molecule has 1 aromatic rings. The first-order valence-electron chi connectivity index (χ1n) is 7.17. The van der Waals surface area contributed by atoms with Crippen LogP contribution < -0.4 is 10.0 Å². The molecule has 0 amide bonds. The zero-order chi connectivity index (χ0) is 14.8. The highest BCUT2D eigenvalue weighted by molar-refractivity contribution is 7.89. The number of hydrogen-bond donors (Lipinski definition) is 3. The maximum Gasteiger partial charge on any atom is 0.242 e. The summed E-state index contributed by atoms with van der Waals surface area (Å²) < 4.78 is 27.5. The van der Waals surface area contributed by atoms with Crippen LogP contribution in [0.1, 0.15) is 45.2 Å².